The van der Waals surface area contributed by atoms with Crippen molar-refractivity contribution < 1.29 is 14.3 Å². The Morgan fingerprint density at radius 1 is 1.41 bits per heavy atom. The fourth-order valence-corrected chi connectivity index (χ4v) is 3.04. The summed E-state index contributed by atoms with van der Waals surface area (Å²) in [6.07, 6.45) is 3.47. The maximum Gasteiger partial charge on any atom is 0.410 e. The summed E-state index contributed by atoms with van der Waals surface area (Å²) >= 11 is 4.36. The molecule has 8 heteroatoms. The van der Waals surface area contributed by atoms with Crippen LogP contribution >= 0.6 is 12.6 Å². The Labute approximate surface area is 135 Å². The van der Waals surface area contributed by atoms with E-state index in [1.807, 2.05) is 4.90 Å². The average Bonchev–Trinajstić information content (AvgIpc) is 3.13. The van der Waals surface area contributed by atoms with Crippen LogP contribution in [0.5, 0.6) is 0 Å². The second-order valence-electron chi connectivity index (χ2n) is 5.43. The van der Waals surface area contributed by atoms with Crippen LogP contribution in [0, 0.1) is 0 Å². The summed E-state index contributed by atoms with van der Waals surface area (Å²) in [5.41, 5.74) is 5.87. The molecule has 2 N–H and O–H groups in total. The number of amides is 2. The molecule has 2 rings (SSSR count). The summed E-state index contributed by atoms with van der Waals surface area (Å²) in [6.45, 7) is 5.58. The molecule has 2 amide bonds. The van der Waals surface area contributed by atoms with E-state index >= 15 is 0 Å². The molecule has 2 heterocycles. The van der Waals surface area contributed by atoms with Crippen LogP contribution < -0.4 is 5.73 Å². The van der Waals surface area contributed by atoms with Crippen molar-refractivity contribution >= 4 is 30.6 Å². The van der Waals surface area contributed by atoms with Gasteiger partial charge in [0.2, 0.25) is 0 Å². The van der Waals surface area contributed by atoms with Crippen molar-refractivity contribution in [3.63, 3.8) is 0 Å². The molecule has 2 fully saturated rings. The van der Waals surface area contributed by atoms with Gasteiger partial charge in [0.25, 0.3) is 5.91 Å². The maximum atomic E-state index is 12.3. The van der Waals surface area contributed by atoms with Crippen molar-refractivity contribution in [1.82, 2.24) is 9.80 Å². The summed E-state index contributed by atoms with van der Waals surface area (Å²) in [7, 11) is 0. The number of hydrogen-bond acceptors (Lipinski definition) is 4. The molecule has 0 radical (unpaired) electrons. The molecule has 0 unspecified atom stereocenters. The Morgan fingerprint density at radius 2 is 2.09 bits per heavy atom. The van der Waals surface area contributed by atoms with Gasteiger partial charge in [-0.3, -0.25) is 9.69 Å². The molecule has 2 atom stereocenters. The van der Waals surface area contributed by atoms with Gasteiger partial charge in [0.15, 0.2) is 5.96 Å². The first kappa shape index (κ1) is 16.7. The third kappa shape index (κ3) is 3.94. The summed E-state index contributed by atoms with van der Waals surface area (Å²) in [4.78, 5) is 31.5. The van der Waals surface area contributed by atoms with E-state index in [9.17, 15) is 9.59 Å². The highest BCUT2D eigenvalue weighted by molar-refractivity contribution is 7.81. The van der Waals surface area contributed by atoms with Crippen LogP contribution in [0.1, 0.15) is 19.3 Å². The Balaban J connectivity index is 2.03. The monoisotopic (exact) mass is 326 g/mol. The molecule has 0 aliphatic carbocycles. The zero-order valence-corrected chi connectivity index (χ0v) is 13.4. The van der Waals surface area contributed by atoms with Crippen LogP contribution in [0.4, 0.5) is 4.79 Å². The SMILES string of the molecule is C=CCOC(=O)N1C[C@@H](S)C[C@H]1C(=O)N=C(N)N1CCCC1. The molecule has 0 aromatic heterocycles. The molecule has 7 nitrogen and oxygen atoms in total. The van der Waals surface area contributed by atoms with Gasteiger partial charge in [-0.2, -0.15) is 17.6 Å². The quantitative estimate of drug-likeness (QED) is 0.343. The highest BCUT2D eigenvalue weighted by atomic mass is 32.1. The summed E-state index contributed by atoms with van der Waals surface area (Å²) < 4.78 is 5.00. The molecule has 0 saturated carbocycles. The highest BCUT2D eigenvalue weighted by Gasteiger charge is 2.39. The van der Waals surface area contributed by atoms with Gasteiger partial charge in [-0.05, 0) is 19.3 Å². The predicted octanol–water partition coefficient (Wildman–Crippen LogP) is 0.619. The molecule has 122 valence electrons. The predicted molar refractivity (Wildman–Crippen MR) is 86.9 cm³/mol. The van der Waals surface area contributed by atoms with E-state index < -0.39 is 18.0 Å². The van der Waals surface area contributed by atoms with Gasteiger partial charge < -0.3 is 15.4 Å². The zero-order valence-electron chi connectivity index (χ0n) is 12.5. The Kier molecular flexibility index (Phi) is 5.70. The second kappa shape index (κ2) is 7.53. The summed E-state index contributed by atoms with van der Waals surface area (Å²) in [5, 5.41) is -0.0755. The first-order valence-electron chi connectivity index (χ1n) is 7.38. The Morgan fingerprint density at radius 3 is 2.73 bits per heavy atom. The van der Waals surface area contributed by atoms with Crippen molar-refractivity contribution in [3.05, 3.63) is 12.7 Å². The van der Waals surface area contributed by atoms with Gasteiger partial charge in [0, 0.05) is 24.9 Å². The molecule has 2 aliphatic heterocycles. The number of aliphatic imine (C=N–C) groups is 1. The molecule has 0 bridgehead atoms. The van der Waals surface area contributed by atoms with Crippen molar-refractivity contribution in [2.24, 2.45) is 10.7 Å². The van der Waals surface area contributed by atoms with E-state index in [1.165, 1.54) is 11.0 Å². The van der Waals surface area contributed by atoms with Crippen molar-refractivity contribution in [1.29, 1.82) is 0 Å². The molecular weight excluding hydrogens is 304 g/mol. The molecule has 2 aliphatic rings. The third-order valence-electron chi connectivity index (χ3n) is 3.78. The maximum absolute atomic E-state index is 12.3. The van der Waals surface area contributed by atoms with Gasteiger partial charge in [-0.1, -0.05) is 12.7 Å². The van der Waals surface area contributed by atoms with Gasteiger partial charge in [0.05, 0.1) is 0 Å². The van der Waals surface area contributed by atoms with Crippen LogP contribution in [-0.4, -0.2) is 65.3 Å². The Bertz CT molecular complexity index is 477. The number of carbonyl (C=O) groups is 2. The van der Waals surface area contributed by atoms with Crippen molar-refractivity contribution in [2.45, 2.75) is 30.6 Å². The third-order valence-corrected chi connectivity index (χ3v) is 4.15. The molecule has 0 aromatic carbocycles. The lowest BCUT2D eigenvalue weighted by Crippen LogP contribution is -2.42. The number of thiol groups is 1. The number of carbonyl (C=O) groups excluding carboxylic acids is 2. The van der Waals surface area contributed by atoms with E-state index in [1.54, 1.807) is 0 Å². The Hall–Kier alpha value is -1.70. The van der Waals surface area contributed by atoms with Gasteiger partial charge >= 0.3 is 6.09 Å². The van der Waals surface area contributed by atoms with E-state index in [2.05, 4.69) is 24.2 Å². The lowest BCUT2D eigenvalue weighted by molar-refractivity contribution is -0.121. The lowest BCUT2D eigenvalue weighted by Gasteiger charge is -2.22. The second-order valence-corrected chi connectivity index (χ2v) is 6.16. The highest BCUT2D eigenvalue weighted by Crippen LogP contribution is 2.24. The van der Waals surface area contributed by atoms with Crippen LogP contribution in [0.2, 0.25) is 0 Å². The first-order valence-corrected chi connectivity index (χ1v) is 7.90. The number of nitrogens with zero attached hydrogens (tertiary/aromatic N) is 3. The number of hydrogen-bond donors (Lipinski definition) is 2. The topological polar surface area (TPSA) is 88.2 Å². The zero-order chi connectivity index (χ0) is 16.1. The molecule has 0 spiro atoms. The number of guanidine groups is 1. The first-order chi connectivity index (χ1) is 10.5. The minimum atomic E-state index is -0.666. The lowest BCUT2D eigenvalue weighted by atomic mass is 10.2. The van der Waals surface area contributed by atoms with Crippen molar-refractivity contribution in [3.8, 4) is 0 Å². The normalized spacial score (nSPS) is 25.4. The largest absolute Gasteiger partial charge is 0.445 e. The van der Waals surface area contributed by atoms with Gasteiger partial charge in [-0.15, -0.1) is 0 Å². The van der Waals surface area contributed by atoms with Crippen molar-refractivity contribution in [2.75, 3.05) is 26.2 Å². The standard InChI is InChI=1S/C14H22N4O3S/c1-2-7-21-14(20)18-9-10(22)8-11(18)12(19)16-13(15)17-5-3-4-6-17/h2,10-11,22H,1,3-9H2,(H2,15,16,19)/t10-,11-/m0/s1. The van der Waals surface area contributed by atoms with E-state index in [-0.39, 0.29) is 17.8 Å². The fourth-order valence-electron chi connectivity index (χ4n) is 2.67. The van der Waals surface area contributed by atoms with Crippen LogP contribution in [-0.2, 0) is 9.53 Å². The van der Waals surface area contributed by atoms with E-state index in [4.69, 9.17) is 10.5 Å². The smallest absolute Gasteiger partial charge is 0.410 e. The minimum absolute atomic E-state index is 0.0755. The summed E-state index contributed by atoms with van der Waals surface area (Å²) in [6, 6.07) is -0.666. The molecular formula is C14H22N4O3S. The number of rotatable bonds is 3. The van der Waals surface area contributed by atoms with Gasteiger partial charge in [0.1, 0.15) is 12.6 Å². The van der Waals surface area contributed by atoms with E-state index in [0.29, 0.717) is 13.0 Å². The minimum Gasteiger partial charge on any atom is -0.445 e. The van der Waals surface area contributed by atoms with Crippen LogP contribution in [0.25, 0.3) is 0 Å². The molecule has 0 aromatic rings. The molecule has 2 saturated heterocycles. The van der Waals surface area contributed by atoms with Gasteiger partial charge in [-0.25, -0.2) is 4.79 Å². The fraction of sp³-hybridized carbons (Fsp3) is 0.643. The number of nitrogens with two attached hydrogens (primary N) is 1. The number of likely N-dealkylation sites (tertiary alicyclic amines) is 2. The number of ether oxygens (including phenoxy) is 1. The van der Waals surface area contributed by atoms with Crippen LogP contribution in [0.3, 0.4) is 0 Å². The van der Waals surface area contributed by atoms with Crippen LogP contribution in [0.15, 0.2) is 17.6 Å². The summed E-state index contributed by atoms with van der Waals surface area (Å²) in [5.74, 6) is -0.193. The molecule has 22 heavy (non-hydrogen) atoms. The van der Waals surface area contributed by atoms with E-state index in [0.717, 1.165) is 25.9 Å². The average molecular weight is 326 g/mol.